The number of nitrogens with zero attached hydrogens (tertiary/aromatic N) is 2. The summed E-state index contributed by atoms with van der Waals surface area (Å²) >= 11 is 1.85. The lowest BCUT2D eigenvalue weighted by Crippen LogP contribution is -2.23. The van der Waals surface area contributed by atoms with E-state index in [1.807, 2.05) is 29.3 Å². The van der Waals surface area contributed by atoms with Crippen LogP contribution in [0.5, 0.6) is 0 Å². The normalized spacial score (nSPS) is 14.8. The molecule has 2 atom stereocenters. The lowest BCUT2D eigenvalue weighted by Gasteiger charge is -2.19. The average Bonchev–Trinajstić information content (AvgIpc) is 2.86. The number of hydrogen-bond donors (Lipinski definition) is 1. The Bertz CT molecular complexity index is 486. The molecule has 0 spiro atoms. The van der Waals surface area contributed by atoms with Crippen molar-refractivity contribution in [3.63, 3.8) is 0 Å². The zero-order valence-electron chi connectivity index (χ0n) is 10.8. The van der Waals surface area contributed by atoms with E-state index in [-0.39, 0.29) is 0 Å². The highest BCUT2D eigenvalue weighted by Crippen LogP contribution is 2.24. The van der Waals surface area contributed by atoms with Crippen molar-refractivity contribution >= 4 is 11.3 Å². The lowest BCUT2D eigenvalue weighted by molar-refractivity contribution is 0.473. The van der Waals surface area contributed by atoms with E-state index in [9.17, 15) is 0 Å². The Balaban J connectivity index is 2.04. The average molecular weight is 249 g/mol. The highest BCUT2D eigenvalue weighted by atomic mass is 32.1. The summed E-state index contributed by atoms with van der Waals surface area (Å²) in [5.74, 6) is 0. The molecule has 17 heavy (non-hydrogen) atoms. The summed E-state index contributed by atoms with van der Waals surface area (Å²) in [6.45, 7) is 6.53. The van der Waals surface area contributed by atoms with Crippen molar-refractivity contribution in [2.75, 3.05) is 0 Å². The van der Waals surface area contributed by atoms with Crippen LogP contribution in [-0.2, 0) is 7.05 Å². The van der Waals surface area contributed by atoms with E-state index in [1.54, 1.807) is 0 Å². The van der Waals surface area contributed by atoms with Gasteiger partial charge in [-0.2, -0.15) is 5.10 Å². The third-order valence-electron chi connectivity index (χ3n) is 2.99. The van der Waals surface area contributed by atoms with Crippen molar-refractivity contribution in [2.24, 2.45) is 7.05 Å². The van der Waals surface area contributed by atoms with Gasteiger partial charge in [0.05, 0.1) is 5.69 Å². The van der Waals surface area contributed by atoms with Crippen LogP contribution in [0.15, 0.2) is 24.4 Å². The van der Waals surface area contributed by atoms with Crippen molar-refractivity contribution in [3.8, 4) is 0 Å². The fourth-order valence-corrected chi connectivity index (χ4v) is 2.93. The number of aryl methyl sites for hydroxylation is 2. The van der Waals surface area contributed by atoms with Gasteiger partial charge in [0.2, 0.25) is 0 Å². The van der Waals surface area contributed by atoms with Gasteiger partial charge in [-0.25, -0.2) is 0 Å². The predicted molar refractivity (Wildman–Crippen MR) is 72.2 cm³/mol. The molecule has 4 heteroatoms. The van der Waals surface area contributed by atoms with Crippen molar-refractivity contribution in [1.82, 2.24) is 15.1 Å². The largest absolute Gasteiger partial charge is 0.301 e. The predicted octanol–water partition coefficient (Wildman–Crippen LogP) is 3.20. The fraction of sp³-hybridized carbons (Fsp3) is 0.462. The van der Waals surface area contributed by atoms with Gasteiger partial charge in [0.15, 0.2) is 0 Å². The first-order valence-electron chi connectivity index (χ1n) is 5.88. The molecule has 2 aromatic heterocycles. The maximum atomic E-state index is 4.20. The van der Waals surface area contributed by atoms with E-state index in [0.29, 0.717) is 12.1 Å². The van der Waals surface area contributed by atoms with Gasteiger partial charge in [0.1, 0.15) is 0 Å². The van der Waals surface area contributed by atoms with E-state index in [1.165, 1.54) is 15.4 Å². The Morgan fingerprint density at radius 2 is 2.00 bits per heavy atom. The minimum atomic E-state index is 0.305. The summed E-state index contributed by atoms with van der Waals surface area (Å²) in [5.41, 5.74) is 1.21. The highest BCUT2D eigenvalue weighted by Gasteiger charge is 2.14. The number of aromatic nitrogens is 2. The van der Waals surface area contributed by atoms with Gasteiger partial charge in [-0.3, -0.25) is 4.68 Å². The number of thiophene rings is 1. The second-order valence-electron chi connectivity index (χ2n) is 4.44. The smallest absolute Gasteiger partial charge is 0.0547 e. The zero-order chi connectivity index (χ0) is 12.4. The Labute approximate surface area is 106 Å². The van der Waals surface area contributed by atoms with Crippen molar-refractivity contribution in [2.45, 2.75) is 32.9 Å². The van der Waals surface area contributed by atoms with E-state index in [2.05, 4.69) is 49.4 Å². The monoisotopic (exact) mass is 249 g/mol. The SMILES string of the molecule is Cc1ccc(C(C)NC(C)c2ccnn2C)s1. The lowest BCUT2D eigenvalue weighted by atomic mass is 10.2. The Morgan fingerprint density at radius 1 is 1.24 bits per heavy atom. The number of rotatable bonds is 4. The van der Waals surface area contributed by atoms with Crippen molar-refractivity contribution in [3.05, 3.63) is 39.8 Å². The van der Waals surface area contributed by atoms with Gasteiger partial charge in [-0.1, -0.05) is 0 Å². The molecule has 0 aromatic carbocycles. The third-order valence-corrected chi connectivity index (χ3v) is 4.17. The molecule has 0 aliphatic carbocycles. The first-order chi connectivity index (χ1) is 8.08. The Morgan fingerprint density at radius 3 is 2.53 bits per heavy atom. The molecule has 2 rings (SSSR count). The molecule has 0 saturated carbocycles. The molecule has 0 bridgehead atoms. The molecule has 3 nitrogen and oxygen atoms in total. The maximum absolute atomic E-state index is 4.20. The van der Waals surface area contributed by atoms with Gasteiger partial charge < -0.3 is 5.32 Å². The van der Waals surface area contributed by atoms with Crippen molar-refractivity contribution < 1.29 is 0 Å². The topological polar surface area (TPSA) is 29.9 Å². The molecular formula is C13H19N3S. The van der Waals surface area contributed by atoms with Gasteiger partial charge >= 0.3 is 0 Å². The summed E-state index contributed by atoms with van der Waals surface area (Å²) < 4.78 is 1.92. The summed E-state index contributed by atoms with van der Waals surface area (Å²) in [6.07, 6.45) is 1.84. The van der Waals surface area contributed by atoms with Gasteiger partial charge in [0, 0.05) is 35.1 Å². The molecular weight excluding hydrogens is 230 g/mol. The third kappa shape index (κ3) is 2.76. The minimum absolute atomic E-state index is 0.305. The quantitative estimate of drug-likeness (QED) is 0.901. The second kappa shape index (κ2) is 5.02. The number of hydrogen-bond acceptors (Lipinski definition) is 3. The molecule has 0 fully saturated rings. The van der Waals surface area contributed by atoms with Crippen molar-refractivity contribution in [1.29, 1.82) is 0 Å². The molecule has 2 heterocycles. The second-order valence-corrected chi connectivity index (χ2v) is 5.76. The first-order valence-corrected chi connectivity index (χ1v) is 6.70. The maximum Gasteiger partial charge on any atom is 0.0547 e. The molecule has 2 aromatic rings. The molecule has 2 unspecified atom stereocenters. The van der Waals surface area contributed by atoms with E-state index in [0.717, 1.165) is 0 Å². The molecule has 92 valence electrons. The van der Waals surface area contributed by atoms with Crippen LogP contribution in [0.4, 0.5) is 0 Å². The molecule has 0 aliphatic rings. The molecule has 1 N–H and O–H groups in total. The van der Waals surface area contributed by atoms with E-state index >= 15 is 0 Å². The number of nitrogens with one attached hydrogen (secondary N) is 1. The summed E-state index contributed by atoms with van der Waals surface area (Å²) in [7, 11) is 1.98. The minimum Gasteiger partial charge on any atom is -0.301 e. The Kier molecular flexibility index (Phi) is 3.64. The molecule has 0 aliphatic heterocycles. The summed E-state index contributed by atoms with van der Waals surface area (Å²) in [6, 6.07) is 7.11. The molecule has 0 saturated heterocycles. The van der Waals surface area contributed by atoms with Gasteiger partial charge in [-0.05, 0) is 39.0 Å². The summed E-state index contributed by atoms with van der Waals surface area (Å²) in [4.78, 5) is 2.75. The van der Waals surface area contributed by atoms with E-state index < -0.39 is 0 Å². The first kappa shape index (κ1) is 12.3. The van der Waals surface area contributed by atoms with Crippen LogP contribution >= 0.6 is 11.3 Å². The van der Waals surface area contributed by atoms with E-state index in [4.69, 9.17) is 0 Å². The van der Waals surface area contributed by atoms with Crippen LogP contribution in [0, 0.1) is 6.92 Å². The van der Waals surface area contributed by atoms with Crippen LogP contribution in [-0.4, -0.2) is 9.78 Å². The molecule has 0 amide bonds. The zero-order valence-corrected chi connectivity index (χ0v) is 11.6. The molecule has 0 radical (unpaired) electrons. The Hall–Kier alpha value is -1.13. The van der Waals surface area contributed by atoms with Crippen LogP contribution in [0.2, 0.25) is 0 Å². The summed E-state index contributed by atoms with van der Waals surface area (Å²) in [5, 5.41) is 7.80. The highest BCUT2D eigenvalue weighted by molar-refractivity contribution is 7.12. The van der Waals surface area contributed by atoms with Crippen LogP contribution in [0.25, 0.3) is 0 Å². The fourth-order valence-electron chi connectivity index (χ4n) is 2.04. The standard InChI is InChI=1S/C13H19N3S/c1-9-5-6-13(17-9)11(3)15-10(2)12-7-8-14-16(12)4/h5-8,10-11,15H,1-4H3. The van der Waals surface area contributed by atoms with Crippen LogP contribution in [0.3, 0.4) is 0 Å². The van der Waals surface area contributed by atoms with Crippen LogP contribution < -0.4 is 5.32 Å². The van der Waals surface area contributed by atoms with Gasteiger partial charge in [-0.15, -0.1) is 11.3 Å². The van der Waals surface area contributed by atoms with Gasteiger partial charge in [0.25, 0.3) is 0 Å². The van der Waals surface area contributed by atoms with Crippen LogP contribution in [0.1, 0.15) is 41.4 Å².